The van der Waals surface area contributed by atoms with E-state index in [4.69, 9.17) is 0 Å². The van der Waals surface area contributed by atoms with Gasteiger partial charge < -0.3 is 10.6 Å². The second kappa shape index (κ2) is 7.01. The van der Waals surface area contributed by atoms with E-state index in [0.717, 1.165) is 25.2 Å². The summed E-state index contributed by atoms with van der Waals surface area (Å²) in [7, 11) is 0. The Balaban J connectivity index is 0.00000176. The monoisotopic (exact) mass is 322 g/mol. The van der Waals surface area contributed by atoms with Crippen molar-refractivity contribution in [2.45, 2.75) is 52.6 Å². The molecule has 0 radical (unpaired) electrons. The lowest BCUT2D eigenvalue weighted by molar-refractivity contribution is 0.0936. The molecule has 3 rings (SSSR count). The van der Waals surface area contributed by atoms with Gasteiger partial charge in [0.1, 0.15) is 0 Å². The van der Waals surface area contributed by atoms with E-state index < -0.39 is 0 Å². The number of nitrogens with one attached hydrogen (secondary N) is 2. The van der Waals surface area contributed by atoms with Crippen LogP contribution in [0.4, 0.5) is 0 Å². The Bertz CT molecular complexity index is 532. The molecule has 2 N–H and O–H groups in total. The van der Waals surface area contributed by atoms with Gasteiger partial charge >= 0.3 is 0 Å². The molecule has 22 heavy (non-hydrogen) atoms. The Morgan fingerprint density at radius 1 is 1.23 bits per heavy atom. The Hall–Kier alpha value is -1.06. The number of hydrogen-bond donors (Lipinski definition) is 2. The molecule has 2 aliphatic rings. The standard InChI is InChI=1S/C18H26N2O.ClH/c1-18(2)7-5-13(6-8-18)10-20-17(21)14-3-4-15-11-19-12-16(15)9-14;/h3-4,9,13,19H,5-8,10-12H2,1-2H3,(H,20,21);1H. The van der Waals surface area contributed by atoms with E-state index in [9.17, 15) is 4.79 Å². The van der Waals surface area contributed by atoms with Crippen LogP contribution in [0.1, 0.15) is 61.0 Å². The van der Waals surface area contributed by atoms with Gasteiger partial charge in [-0.3, -0.25) is 4.79 Å². The first-order chi connectivity index (χ1) is 10.0. The second-order valence-corrected chi connectivity index (χ2v) is 7.40. The summed E-state index contributed by atoms with van der Waals surface area (Å²) in [6.45, 7) is 7.33. The van der Waals surface area contributed by atoms with Crippen molar-refractivity contribution in [3.8, 4) is 0 Å². The van der Waals surface area contributed by atoms with Crippen LogP contribution >= 0.6 is 12.4 Å². The summed E-state index contributed by atoms with van der Waals surface area (Å²) in [6, 6.07) is 6.06. The molecule has 1 fully saturated rings. The molecule has 1 aliphatic heterocycles. The van der Waals surface area contributed by atoms with E-state index in [1.807, 2.05) is 12.1 Å². The normalized spacial score (nSPS) is 20.1. The molecule has 0 bridgehead atoms. The highest BCUT2D eigenvalue weighted by molar-refractivity contribution is 5.94. The lowest BCUT2D eigenvalue weighted by Crippen LogP contribution is -2.32. The maximum absolute atomic E-state index is 12.3. The van der Waals surface area contributed by atoms with E-state index in [-0.39, 0.29) is 18.3 Å². The van der Waals surface area contributed by atoms with Gasteiger partial charge in [-0.05, 0) is 60.3 Å². The minimum atomic E-state index is 0. The smallest absolute Gasteiger partial charge is 0.251 e. The Labute approximate surface area is 139 Å². The molecule has 1 aromatic carbocycles. The number of benzene rings is 1. The maximum atomic E-state index is 12.3. The highest BCUT2D eigenvalue weighted by atomic mass is 35.5. The van der Waals surface area contributed by atoms with Crippen LogP contribution < -0.4 is 10.6 Å². The molecule has 122 valence electrons. The number of hydrogen-bond acceptors (Lipinski definition) is 2. The van der Waals surface area contributed by atoms with E-state index >= 15 is 0 Å². The van der Waals surface area contributed by atoms with Crippen LogP contribution in [0.15, 0.2) is 18.2 Å². The Kier molecular flexibility index (Phi) is 5.51. The van der Waals surface area contributed by atoms with Crippen LogP contribution in [-0.2, 0) is 13.1 Å². The van der Waals surface area contributed by atoms with Crippen molar-refractivity contribution in [2.75, 3.05) is 6.54 Å². The van der Waals surface area contributed by atoms with Gasteiger partial charge in [0.2, 0.25) is 0 Å². The van der Waals surface area contributed by atoms with Gasteiger partial charge in [0.15, 0.2) is 0 Å². The maximum Gasteiger partial charge on any atom is 0.251 e. The number of carbonyl (C=O) groups excluding carboxylic acids is 1. The zero-order chi connectivity index (χ0) is 14.9. The summed E-state index contributed by atoms with van der Waals surface area (Å²) in [5.41, 5.74) is 3.88. The Morgan fingerprint density at radius 3 is 2.64 bits per heavy atom. The molecule has 1 aromatic rings. The third kappa shape index (κ3) is 4.02. The highest BCUT2D eigenvalue weighted by Crippen LogP contribution is 2.37. The first-order valence-electron chi connectivity index (χ1n) is 8.14. The predicted molar refractivity (Wildman–Crippen MR) is 92.3 cm³/mol. The van der Waals surface area contributed by atoms with Crippen molar-refractivity contribution in [1.82, 2.24) is 10.6 Å². The van der Waals surface area contributed by atoms with Crippen molar-refractivity contribution in [3.63, 3.8) is 0 Å². The third-order valence-corrected chi connectivity index (χ3v) is 5.11. The number of halogens is 1. The molecular formula is C18H27ClN2O. The van der Waals surface area contributed by atoms with Crippen LogP contribution in [0.2, 0.25) is 0 Å². The largest absolute Gasteiger partial charge is 0.352 e. The van der Waals surface area contributed by atoms with Crippen LogP contribution in [-0.4, -0.2) is 12.5 Å². The summed E-state index contributed by atoms with van der Waals surface area (Å²) < 4.78 is 0. The number of fused-ring (bicyclic) bond motifs is 1. The first kappa shape index (κ1) is 17.3. The van der Waals surface area contributed by atoms with Crippen molar-refractivity contribution >= 4 is 18.3 Å². The molecule has 0 aromatic heterocycles. The number of rotatable bonds is 3. The SMILES string of the molecule is CC1(C)CCC(CNC(=O)c2ccc3c(c2)CNC3)CC1.Cl. The molecule has 3 nitrogen and oxygen atoms in total. The van der Waals surface area contributed by atoms with Crippen LogP contribution in [0.3, 0.4) is 0 Å². The first-order valence-corrected chi connectivity index (χ1v) is 8.14. The van der Waals surface area contributed by atoms with Gasteiger partial charge in [-0.2, -0.15) is 0 Å². The molecule has 1 saturated carbocycles. The van der Waals surface area contributed by atoms with Crippen molar-refractivity contribution < 1.29 is 4.79 Å². The fourth-order valence-electron chi connectivity index (χ4n) is 3.44. The third-order valence-electron chi connectivity index (χ3n) is 5.11. The van der Waals surface area contributed by atoms with Crippen LogP contribution in [0.5, 0.6) is 0 Å². The number of amides is 1. The molecule has 1 aliphatic carbocycles. The predicted octanol–water partition coefficient (Wildman–Crippen LogP) is 3.66. The van der Waals surface area contributed by atoms with Crippen molar-refractivity contribution in [2.24, 2.45) is 11.3 Å². The molecule has 0 spiro atoms. The minimum Gasteiger partial charge on any atom is -0.352 e. The molecule has 4 heteroatoms. The molecule has 1 amide bonds. The lowest BCUT2D eigenvalue weighted by Gasteiger charge is -2.34. The summed E-state index contributed by atoms with van der Waals surface area (Å²) in [5.74, 6) is 0.729. The highest BCUT2D eigenvalue weighted by Gasteiger charge is 2.26. The van der Waals surface area contributed by atoms with Crippen molar-refractivity contribution in [3.05, 3.63) is 34.9 Å². The average Bonchev–Trinajstić information content (AvgIpc) is 2.93. The topological polar surface area (TPSA) is 41.1 Å². The lowest BCUT2D eigenvalue weighted by atomic mass is 9.73. The fraction of sp³-hybridized carbons (Fsp3) is 0.611. The molecule has 0 atom stereocenters. The van der Waals surface area contributed by atoms with Gasteiger partial charge in [0.25, 0.3) is 5.91 Å². The van der Waals surface area contributed by atoms with Gasteiger partial charge in [-0.15, -0.1) is 12.4 Å². The Morgan fingerprint density at radius 2 is 1.91 bits per heavy atom. The van der Waals surface area contributed by atoms with Crippen LogP contribution in [0.25, 0.3) is 0 Å². The minimum absolute atomic E-state index is 0. The van der Waals surface area contributed by atoms with E-state index in [2.05, 4.69) is 30.5 Å². The average molecular weight is 323 g/mol. The van der Waals surface area contributed by atoms with Crippen LogP contribution in [0, 0.1) is 11.3 Å². The molecule has 0 saturated heterocycles. The molecule has 1 heterocycles. The van der Waals surface area contributed by atoms with Gasteiger partial charge in [0.05, 0.1) is 0 Å². The second-order valence-electron chi connectivity index (χ2n) is 7.40. The summed E-state index contributed by atoms with van der Waals surface area (Å²) in [4.78, 5) is 12.3. The quantitative estimate of drug-likeness (QED) is 0.891. The van der Waals surface area contributed by atoms with Gasteiger partial charge in [-0.25, -0.2) is 0 Å². The van der Waals surface area contributed by atoms with E-state index in [0.29, 0.717) is 11.3 Å². The summed E-state index contributed by atoms with van der Waals surface area (Å²) >= 11 is 0. The van der Waals surface area contributed by atoms with Gasteiger partial charge in [0, 0.05) is 25.2 Å². The zero-order valence-electron chi connectivity index (χ0n) is 13.6. The number of carbonyl (C=O) groups is 1. The van der Waals surface area contributed by atoms with Crippen molar-refractivity contribution in [1.29, 1.82) is 0 Å². The van der Waals surface area contributed by atoms with Gasteiger partial charge in [-0.1, -0.05) is 19.9 Å². The van der Waals surface area contributed by atoms with E-state index in [1.165, 1.54) is 36.8 Å². The summed E-state index contributed by atoms with van der Waals surface area (Å²) in [6.07, 6.45) is 5.03. The molecule has 0 unspecified atom stereocenters. The molecular weight excluding hydrogens is 296 g/mol. The zero-order valence-corrected chi connectivity index (χ0v) is 14.4. The fourth-order valence-corrected chi connectivity index (χ4v) is 3.44. The van der Waals surface area contributed by atoms with E-state index in [1.54, 1.807) is 0 Å². The summed E-state index contributed by atoms with van der Waals surface area (Å²) in [5, 5.41) is 6.44.